The van der Waals surface area contributed by atoms with E-state index in [-0.39, 0.29) is 6.04 Å². The molecule has 1 heterocycles. The number of nitrogens with two attached hydrogens (primary N) is 1. The second kappa shape index (κ2) is 6.05. The fourth-order valence-corrected chi connectivity index (χ4v) is 1.92. The van der Waals surface area contributed by atoms with Gasteiger partial charge in [0.15, 0.2) is 0 Å². The van der Waals surface area contributed by atoms with Crippen LogP contribution < -0.4 is 10.6 Å². The maximum atomic E-state index is 5.86. The molecule has 1 atom stereocenters. The molecule has 0 aliphatic carbocycles. The first kappa shape index (κ1) is 12.4. The van der Waals surface area contributed by atoms with Gasteiger partial charge in [0.1, 0.15) is 5.82 Å². The average Bonchev–Trinajstić information content (AvgIpc) is 2.18. The lowest BCUT2D eigenvalue weighted by atomic mass is 10.3. The zero-order valence-corrected chi connectivity index (χ0v) is 10.6. The summed E-state index contributed by atoms with van der Waals surface area (Å²) in [5.41, 5.74) is 5.86. The Kier molecular flexibility index (Phi) is 5.01. The number of hydrogen-bond acceptors (Lipinski definition) is 4. The van der Waals surface area contributed by atoms with E-state index in [1.54, 1.807) is 13.3 Å². The summed E-state index contributed by atoms with van der Waals surface area (Å²) in [5, 5.41) is 0. The lowest BCUT2D eigenvalue weighted by molar-refractivity contribution is 0.181. The number of methoxy groups -OCH3 is 1. The van der Waals surface area contributed by atoms with Crippen LogP contribution >= 0.6 is 15.9 Å². The minimum Gasteiger partial charge on any atom is -0.383 e. The van der Waals surface area contributed by atoms with Crippen molar-refractivity contribution >= 4 is 21.7 Å². The van der Waals surface area contributed by atoms with E-state index in [0.29, 0.717) is 13.2 Å². The molecule has 5 heteroatoms. The van der Waals surface area contributed by atoms with Crippen LogP contribution in [0, 0.1) is 0 Å². The number of ether oxygens (including phenoxy) is 1. The Bertz CT molecular complexity index is 308. The maximum absolute atomic E-state index is 5.86. The minimum atomic E-state index is -0.00564. The van der Waals surface area contributed by atoms with Crippen molar-refractivity contribution in [3.05, 3.63) is 22.8 Å². The molecule has 0 aromatic carbocycles. The van der Waals surface area contributed by atoms with Crippen molar-refractivity contribution in [1.82, 2.24) is 4.98 Å². The number of nitrogens with zero attached hydrogens (tertiary/aromatic N) is 2. The van der Waals surface area contributed by atoms with E-state index in [0.717, 1.165) is 10.3 Å². The molecule has 0 amide bonds. The minimum absolute atomic E-state index is 0.00564. The zero-order valence-electron chi connectivity index (χ0n) is 8.98. The third kappa shape index (κ3) is 3.77. The number of likely N-dealkylation sites (N-methyl/N-ethyl adjacent to an activating group) is 1. The predicted octanol–water partition coefficient (Wildman–Crippen LogP) is 1.25. The van der Waals surface area contributed by atoms with Crippen LogP contribution in [-0.2, 0) is 4.74 Å². The summed E-state index contributed by atoms with van der Waals surface area (Å²) in [6, 6.07) is 3.84. The number of halogens is 1. The van der Waals surface area contributed by atoms with E-state index >= 15 is 0 Å². The molecule has 0 saturated carbocycles. The van der Waals surface area contributed by atoms with Crippen molar-refractivity contribution in [1.29, 1.82) is 0 Å². The zero-order chi connectivity index (χ0) is 11.3. The van der Waals surface area contributed by atoms with Crippen LogP contribution in [0.3, 0.4) is 0 Å². The molecular formula is C10H16BrN3O. The van der Waals surface area contributed by atoms with Gasteiger partial charge in [-0.15, -0.1) is 0 Å². The van der Waals surface area contributed by atoms with Gasteiger partial charge in [-0.25, -0.2) is 4.98 Å². The largest absolute Gasteiger partial charge is 0.383 e. The van der Waals surface area contributed by atoms with Crippen molar-refractivity contribution in [3.63, 3.8) is 0 Å². The smallest absolute Gasteiger partial charge is 0.142 e. The maximum Gasteiger partial charge on any atom is 0.142 e. The van der Waals surface area contributed by atoms with Crippen LogP contribution in [0.15, 0.2) is 22.8 Å². The van der Waals surface area contributed by atoms with Gasteiger partial charge >= 0.3 is 0 Å². The highest BCUT2D eigenvalue weighted by molar-refractivity contribution is 9.10. The van der Waals surface area contributed by atoms with E-state index < -0.39 is 0 Å². The van der Waals surface area contributed by atoms with Crippen molar-refractivity contribution in [2.24, 2.45) is 5.73 Å². The quantitative estimate of drug-likeness (QED) is 0.878. The first-order valence-corrected chi connectivity index (χ1v) is 5.50. The Morgan fingerprint density at radius 1 is 1.67 bits per heavy atom. The van der Waals surface area contributed by atoms with Crippen LogP contribution in [0.2, 0.25) is 0 Å². The summed E-state index contributed by atoms with van der Waals surface area (Å²) in [6.07, 6.45) is 1.76. The monoisotopic (exact) mass is 273 g/mol. The first-order valence-electron chi connectivity index (χ1n) is 4.71. The molecule has 0 bridgehead atoms. The van der Waals surface area contributed by atoms with E-state index in [2.05, 4.69) is 20.9 Å². The molecule has 0 aliphatic rings. The summed E-state index contributed by atoms with van der Waals surface area (Å²) >= 11 is 3.45. The Labute approximate surface area is 98.6 Å². The molecule has 84 valence electrons. The fourth-order valence-electron chi connectivity index (χ4n) is 1.36. The van der Waals surface area contributed by atoms with Crippen molar-refractivity contribution in [2.75, 3.05) is 32.2 Å². The summed E-state index contributed by atoms with van der Waals surface area (Å²) in [7, 11) is 3.61. The summed E-state index contributed by atoms with van der Waals surface area (Å²) in [4.78, 5) is 6.28. The highest BCUT2D eigenvalue weighted by atomic mass is 79.9. The van der Waals surface area contributed by atoms with Crippen molar-refractivity contribution < 1.29 is 4.74 Å². The van der Waals surface area contributed by atoms with E-state index in [4.69, 9.17) is 10.5 Å². The molecule has 0 radical (unpaired) electrons. The third-order valence-electron chi connectivity index (χ3n) is 1.99. The molecule has 2 N–H and O–H groups in total. The topological polar surface area (TPSA) is 51.4 Å². The Balaban J connectivity index is 2.61. The standard InChI is InChI=1S/C10H16BrN3O/c1-14(6-8(12)7-15-2)10-9(11)4-3-5-13-10/h3-5,8H,6-7,12H2,1-2H3. The number of rotatable bonds is 5. The van der Waals surface area contributed by atoms with E-state index in [9.17, 15) is 0 Å². The van der Waals surface area contributed by atoms with E-state index in [1.165, 1.54) is 0 Å². The Morgan fingerprint density at radius 3 is 3.00 bits per heavy atom. The third-order valence-corrected chi connectivity index (χ3v) is 2.61. The van der Waals surface area contributed by atoms with Gasteiger partial charge in [-0.05, 0) is 28.1 Å². The predicted molar refractivity (Wildman–Crippen MR) is 65.1 cm³/mol. The van der Waals surface area contributed by atoms with Crippen LogP contribution in [0.1, 0.15) is 0 Å². The number of hydrogen-bond donors (Lipinski definition) is 1. The SMILES string of the molecule is COCC(N)CN(C)c1ncccc1Br. The number of pyridine rings is 1. The Hall–Kier alpha value is -0.650. The van der Waals surface area contributed by atoms with Crippen molar-refractivity contribution in [3.8, 4) is 0 Å². The molecule has 0 spiro atoms. The highest BCUT2D eigenvalue weighted by Gasteiger charge is 2.10. The molecule has 0 saturated heterocycles. The first-order chi connectivity index (χ1) is 7.15. The highest BCUT2D eigenvalue weighted by Crippen LogP contribution is 2.21. The van der Waals surface area contributed by atoms with Gasteiger partial charge in [-0.3, -0.25) is 0 Å². The lowest BCUT2D eigenvalue weighted by Gasteiger charge is -2.22. The molecule has 0 aliphatic heterocycles. The molecule has 1 unspecified atom stereocenters. The van der Waals surface area contributed by atoms with Gasteiger partial charge in [-0.1, -0.05) is 0 Å². The van der Waals surface area contributed by atoms with Crippen LogP contribution in [-0.4, -0.2) is 38.3 Å². The van der Waals surface area contributed by atoms with Gasteiger partial charge in [-0.2, -0.15) is 0 Å². The van der Waals surface area contributed by atoms with Crippen LogP contribution in [0.4, 0.5) is 5.82 Å². The normalized spacial score (nSPS) is 12.5. The van der Waals surface area contributed by atoms with Gasteiger partial charge in [0, 0.05) is 32.9 Å². The Morgan fingerprint density at radius 2 is 2.40 bits per heavy atom. The van der Waals surface area contributed by atoms with Crippen LogP contribution in [0.25, 0.3) is 0 Å². The second-order valence-electron chi connectivity index (χ2n) is 3.40. The average molecular weight is 274 g/mol. The van der Waals surface area contributed by atoms with Gasteiger partial charge < -0.3 is 15.4 Å². The number of anilines is 1. The number of aromatic nitrogens is 1. The molecule has 1 rings (SSSR count). The van der Waals surface area contributed by atoms with E-state index in [1.807, 2.05) is 24.1 Å². The molecule has 1 aromatic heterocycles. The van der Waals surface area contributed by atoms with Crippen molar-refractivity contribution in [2.45, 2.75) is 6.04 Å². The van der Waals surface area contributed by atoms with Gasteiger partial charge in [0.25, 0.3) is 0 Å². The fraction of sp³-hybridized carbons (Fsp3) is 0.500. The van der Waals surface area contributed by atoms with Crippen LogP contribution in [0.5, 0.6) is 0 Å². The molecule has 0 fully saturated rings. The molecular weight excluding hydrogens is 258 g/mol. The summed E-state index contributed by atoms with van der Waals surface area (Å²) in [6.45, 7) is 1.26. The van der Waals surface area contributed by atoms with Gasteiger partial charge in [0.05, 0.1) is 11.1 Å². The molecule has 1 aromatic rings. The van der Waals surface area contributed by atoms with Gasteiger partial charge in [0.2, 0.25) is 0 Å². The summed E-state index contributed by atoms with van der Waals surface area (Å²) in [5.74, 6) is 0.893. The summed E-state index contributed by atoms with van der Waals surface area (Å²) < 4.78 is 5.96. The molecule has 15 heavy (non-hydrogen) atoms. The second-order valence-corrected chi connectivity index (χ2v) is 4.26. The lowest BCUT2D eigenvalue weighted by Crippen LogP contribution is -2.38. The molecule has 4 nitrogen and oxygen atoms in total.